The van der Waals surface area contributed by atoms with E-state index in [2.05, 4.69) is 31.5 Å². The number of oxime groups is 1. The Labute approximate surface area is 142 Å². The first-order chi connectivity index (χ1) is 11.2. The van der Waals surface area contributed by atoms with E-state index in [1.807, 2.05) is 42.1 Å². The van der Waals surface area contributed by atoms with Crippen LogP contribution in [-0.4, -0.2) is 27.5 Å². The Balaban J connectivity index is 1.54. The molecule has 1 aromatic carbocycles. The molecule has 0 saturated heterocycles. The molecular weight excluding hydrogens is 360 g/mol. The highest BCUT2D eigenvalue weighted by atomic mass is 79.9. The summed E-state index contributed by atoms with van der Waals surface area (Å²) in [6.45, 7) is 3.26. The summed E-state index contributed by atoms with van der Waals surface area (Å²) in [5.74, 6) is -0.164. The highest BCUT2D eigenvalue weighted by molar-refractivity contribution is 9.10. The van der Waals surface area contributed by atoms with Crippen LogP contribution in [0.25, 0.3) is 0 Å². The Kier molecular flexibility index (Phi) is 4.76. The predicted octanol–water partition coefficient (Wildman–Crippen LogP) is 2.47. The molecule has 0 saturated carbocycles. The van der Waals surface area contributed by atoms with Crippen LogP contribution >= 0.6 is 15.9 Å². The van der Waals surface area contributed by atoms with Gasteiger partial charge in [-0.05, 0) is 19.1 Å². The lowest BCUT2D eigenvalue weighted by atomic mass is 10.0. The number of rotatable bonds is 5. The van der Waals surface area contributed by atoms with E-state index >= 15 is 0 Å². The Morgan fingerprint density at radius 3 is 3.13 bits per heavy atom. The number of nitrogens with one attached hydrogen (secondary N) is 1. The van der Waals surface area contributed by atoms with Gasteiger partial charge in [-0.15, -0.1) is 0 Å². The molecule has 2 aromatic rings. The van der Waals surface area contributed by atoms with Crippen molar-refractivity contribution in [3.8, 4) is 0 Å². The first kappa shape index (κ1) is 15.7. The molecule has 1 aromatic heterocycles. The molecule has 120 valence electrons. The summed E-state index contributed by atoms with van der Waals surface area (Å²) in [5, 5.41) is 11.1. The molecule has 0 bridgehead atoms. The summed E-state index contributed by atoms with van der Waals surface area (Å²) in [5.41, 5.74) is 2.70. The molecule has 23 heavy (non-hydrogen) atoms. The first-order valence-corrected chi connectivity index (χ1v) is 8.22. The van der Waals surface area contributed by atoms with Crippen molar-refractivity contribution < 1.29 is 9.63 Å². The lowest BCUT2D eigenvalue weighted by molar-refractivity contribution is -0.131. The van der Waals surface area contributed by atoms with Crippen molar-refractivity contribution in [2.75, 3.05) is 0 Å². The fraction of sp³-hybridized carbons (Fsp3) is 0.312. The molecule has 0 radical (unpaired) electrons. The summed E-state index contributed by atoms with van der Waals surface area (Å²) < 4.78 is 2.79. The van der Waals surface area contributed by atoms with Crippen LogP contribution in [-0.2, 0) is 22.7 Å². The summed E-state index contributed by atoms with van der Waals surface area (Å²) >= 11 is 3.43. The Hall–Kier alpha value is -2.15. The van der Waals surface area contributed by atoms with Gasteiger partial charge < -0.3 is 10.2 Å². The molecule has 3 rings (SSSR count). The van der Waals surface area contributed by atoms with Crippen molar-refractivity contribution in [2.24, 2.45) is 5.16 Å². The minimum Gasteiger partial charge on any atom is -0.382 e. The van der Waals surface area contributed by atoms with Gasteiger partial charge in [0.15, 0.2) is 0 Å². The van der Waals surface area contributed by atoms with E-state index in [1.54, 1.807) is 6.20 Å². The molecular formula is C16H17BrN4O2. The van der Waals surface area contributed by atoms with Gasteiger partial charge >= 0.3 is 0 Å². The van der Waals surface area contributed by atoms with Crippen molar-refractivity contribution in [3.05, 3.63) is 52.3 Å². The zero-order valence-electron chi connectivity index (χ0n) is 12.7. The van der Waals surface area contributed by atoms with Gasteiger partial charge in [0.05, 0.1) is 11.9 Å². The van der Waals surface area contributed by atoms with Gasteiger partial charge in [-0.2, -0.15) is 5.10 Å². The van der Waals surface area contributed by atoms with Crippen molar-refractivity contribution in [3.63, 3.8) is 0 Å². The summed E-state index contributed by atoms with van der Waals surface area (Å²) in [6.07, 6.45) is 3.56. The zero-order valence-corrected chi connectivity index (χ0v) is 14.3. The van der Waals surface area contributed by atoms with Crippen LogP contribution in [0.5, 0.6) is 0 Å². The molecule has 0 fully saturated rings. The van der Waals surface area contributed by atoms with Gasteiger partial charge in [0, 0.05) is 41.3 Å². The molecule has 1 aliphatic rings. The maximum atomic E-state index is 12.2. The number of carbonyl (C=O) groups is 1. The highest BCUT2D eigenvalue weighted by Gasteiger charge is 2.28. The number of carbonyl (C=O) groups excluding carboxylic acids is 1. The van der Waals surface area contributed by atoms with Crippen LogP contribution in [0, 0.1) is 0 Å². The fourth-order valence-corrected chi connectivity index (χ4v) is 2.73. The van der Waals surface area contributed by atoms with Crippen LogP contribution < -0.4 is 5.32 Å². The number of hydrogen-bond donors (Lipinski definition) is 1. The summed E-state index contributed by atoms with van der Waals surface area (Å²) in [4.78, 5) is 17.5. The highest BCUT2D eigenvalue weighted by Crippen LogP contribution is 2.19. The maximum Gasteiger partial charge on any atom is 0.264 e. The molecule has 1 unspecified atom stereocenters. The molecule has 1 aliphatic heterocycles. The quantitative estimate of drug-likeness (QED) is 0.871. The third-order valence-corrected chi connectivity index (χ3v) is 4.09. The lowest BCUT2D eigenvalue weighted by Crippen LogP contribution is -2.34. The Morgan fingerprint density at radius 1 is 1.52 bits per heavy atom. The second-order valence-electron chi connectivity index (χ2n) is 5.27. The van der Waals surface area contributed by atoms with Crippen LogP contribution in [0.15, 0.2) is 46.3 Å². The van der Waals surface area contributed by atoms with Crippen molar-refractivity contribution in [2.45, 2.75) is 32.5 Å². The van der Waals surface area contributed by atoms with Gasteiger partial charge in [0.2, 0.25) is 6.10 Å². The van der Waals surface area contributed by atoms with Crippen molar-refractivity contribution in [1.82, 2.24) is 15.1 Å². The molecule has 1 atom stereocenters. The molecule has 0 aliphatic carbocycles. The zero-order chi connectivity index (χ0) is 16.2. The van der Waals surface area contributed by atoms with E-state index in [9.17, 15) is 4.79 Å². The van der Waals surface area contributed by atoms with Crippen molar-refractivity contribution in [1.29, 1.82) is 0 Å². The number of hydrogen-bond acceptors (Lipinski definition) is 4. The van der Waals surface area contributed by atoms with Crippen LogP contribution in [0.4, 0.5) is 0 Å². The average molecular weight is 377 g/mol. The number of aromatic nitrogens is 2. The van der Waals surface area contributed by atoms with Crippen LogP contribution in [0.1, 0.15) is 24.5 Å². The van der Waals surface area contributed by atoms with Gasteiger partial charge in [0.1, 0.15) is 0 Å². The monoisotopic (exact) mass is 376 g/mol. The van der Waals surface area contributed by atoms with E-state index < -0.39 is 6.10 Å². The number of aryl methyl sites for hydroxylation is 1. The SMILES string of the molecule is CCn1cc(CNC(=O)C2CC(c3cccc(Br)c3)=NO2)cn1. The molecule has 7 heteroatoms. The minimum atomic E-state index is -0.579. The standard InChI is InChI=1S/C16H17BrN4O2/c1-2-21-10-11(9-19-21)8-18-16(22)15-7-14(20-23-15)12-4-3-5-13(17)6-12/h3-6,9-10,15H,2,7-8H2,1H3,(H,18,22). The lowest BCUT2D eigenvalue weighted by Gasteiger charge is -2.08. The second kappa shape index (κ2) is 6.95. The van der Waals surface area contributed by atoms with Crippen molar-refractivity contribution >= 4 is 27.5 Å². The topological polar surface area (TPSA) is 68.5 Å². The molecule has 1 amide bonds. The number of nitrogens with zero attached hydrogens (tertiary/aromatic N) is 3. The fourth-order valence-electron chi connectivity index (χ4n) is 2.33. The van der Waals surface area contributed by atoms with E-state index in [0.29, 0.717) is 13.0 Å². The minimum absolute atomic E-state index is 0.164. The first-order valence-electron chi connectivity index (χ1n) is 7.43. The van der Waals surface area contributed by atoms with E-state index in [0.717, 1.165) is 27.9 Å². The molecule has 0 spiro atoms. The van der Waals surface area contributed by atoms with Crippen LogP contribution in [0.3, 0.4) is 0 Å². The van der Waals surface area contributed by atoms with E-state index in [4.69, 9.17) is 4.84 Å². The number of halogens is 1. The van der Waals surface area contributed by atoms with Crippen LogP contribution in [0.2, 0.25) is 0 Å². The van der Waals surface area contributed by atoms with Gasteiger partial charge in [-0.3, -0.25) is 9.48 Å². The van der Waals surface area contributed by atoms with Gasteiger partial charge in [0.25, 0.3) is 5.91 Å². The van der Waals surface area contributed by atoms with Gasteiger partial charge in [-0.1, -0.05) is 33.2 Å². The smallest absolute Gasteiger partial charge is 0.264 e. The predicted molar refractivity (Wildman–Crippen MR) is 89.9 cm³/mol. The summed E-state index contributed by atoms with van der Waals surface area (Å²) in [6, 6.07) is 7.79. The maximum absolute atomic E-state index is 12.2. The second-order valence-corrected chi connectivity index (χ2v) is 6.18. The Morgan fingerprint density at radius 2 is 2.39 bits per heavy atom. The Bertz CT molecular complexity index is 741. The largest absolute Gasteiger partial charge is 0.382 e. The number of amides is 1. The molecule has 2 heterocycles. The normalized spacial score (nSPS) is 16.8. The van der Waals surface area contributed by atoms with E-state index in [1.165, 1.54) is 0 Å². The molecule has 1 N–H and O–H groups in total. The summed E-state index contributed by atoms with van der Waals surface area (Å²) in [7, 11) is 0. The molecule has 6 nitrogen and oxygen atoms in total. The van der Waals surface area contributed by atoms with E-state index in [-0.39, 0.29) is 5.91 Å². The third-order valence-electron chi connectivity index (χ3n) is 3.60. The average Bonchev–Trinajstić information content (AvgIpc) is 3.22. The van der Waals surface area contributed by atoms with Gasteiger partial charge in [-0.25, -0.2) is 0 Å². The third kappa shape index (κ3) is 3.79. The number of benzene rings is 1.